The monoisotopic (exact) mass is 507 g/mol. The molecule has 2 saturated heterocycles. The minimum atomic E-state index is -0.607. The normalized spacial score (nSPS) is 30.7. The maximum absolute atomic E-state index is 11.8. The first-order valence-corrected chi connectivity index (χ1v) is 10.4. The Balaban J connectivity index is 0.00000280. The topological polar surface area (TPSA) is 83.2 Å². The van der Waals surface area contributed by atoms with Gasteiger partial charge in [-0.2, -0.15) is 0 Å². The Hall–Kier alpha value is -0.610. The Kier molecular flexibility index (Phi) is 7.64. The maximum Gasteiger partial charge on any atom is 0.237 e. The molecule has 2 aliphatic heterocycles. The summed E-state index contributed by atoms with van der Waals surface area (Å²) in [4.78, 5) is 21.0. The van der Waals surface area contributed by atoms with E-state index >= 15 is 0 Å². The second kappa shape index (κ2) is 9.04. The predicted molar refractivity (Wildman–Crippen MR) is 123 cm³/mol. The van der Waals surface area contributed by atoms with Crippen molar-refractivity contribution in [1.82, 2.24) is 15.1 Å². The Labute approximate surface area is 186 Å². The number of ether oxygens (including phenoxy) is 1. The minimum Gasteiger partial charge on any atom is -0.377 e. The zero-order valence-electron chi connectivity index (χ0n) is 18.0. The minimum absolute atomic E-state index is 0. The van der Waals surface area contributed by atoms with Gasteiger partial charge in [0.25, 0.3) is 0 Å². The van der Waals surface area contributed by atoms with Crippen LogP contribution in [0.25, 0.3) is 0 Å². The number of aliphatic imine (C=N–C) groups is 1. The number of primary amides is 1. The van der Waals surface area contributed by atoms with Gasteiger partial charge in [-0.15, -0.1) is 24.0 Å². The van der Waals surface area contributed by atoms with Crippen LogP contribution in [0.1, 0.15) is 47.5 Å². The summed E-state index contributed by atoms with van der Waals surface area (Å²) in [5, 5.41) is 3.78. The number of hydrogen-bond acceptors (Lipinski definition) is 4. The quantitative estimate of drug-likeness (QED) is 0.344. The van der Waals surface area contributed by atoms with Gasteiger partial charge < -0.3 is 20.7 Å². The van der Waals surface area contributed by atoms with Gasteiger partial charge in [0.2, 0.25) is 5.91 Å². The molecule has 1 aliphatic carbocycles. The standard InChI is InChI=1S/C20H37N5O2.HI/c1-6-22-18(23-15-14-8-7-13-27-16(14)19(15,2)3)24-9-11-25(12-10-24)20(4,5)17(21)26;/h14-16H,6-13H2,1-5H3,(H2,21,26)(H,22,23);1H. The van der Waals surface area contributed by atoms with Gasteiger partial charge in [-0.1, -0.05) is 13.8 Å². The molecule has 0 bridgehead atoms. The summed E-state index contributed by atoms with van der Waals surface area (Å²) >= 11 is 0. The molecule has 7 nitrogen and oxygen atoms in total. The van der Waals surface area contributed by atoms with Crippen LogP contribution in [0.2, 0.25) is 0 Å². The lowest BCUT2D eigenvalue weighted by molar-refractivity contribution is -0.188. The molecule has 28 heavy (non-hydrogen) atoms. The van der Waals surface area contributed by atoms with Crippen molar-refractivity contribution in [3.05, 3.63) is 0 Å². The number of hydrogen-bond donors (Lipinski definition) is 2. The molecule has 3 rings (SSSR count). The lowest BCUT2D eigenvalue weighted by Gasteiger charge is -2.60. The van der Waals surface area contributed by atoms with Crippen molar-refractivity contribution in [2.45, 2.75) is 65.1 Å². The molecule has 162 valence electrons. The highest BCUT2D eigenvalue weighted by atomic mass is 127. The molecule has 0 aromatic carbocycles. The van der Waals surface area contributed by atoms with Crippen molar-refractivity contribution in [1.29, 1.82) is 0 Å². The van der Waals surface area contributed by atoms with Crippen LogP contribution in [0.4, 0.5) is 0 Å². The molecule has 3 N–H and O–H groups in total. The molecule has 1 saturated carbocycles. The third kappa shape index (κ3) is 4.28. The molecule has 0 aromatic heterocycles. The molecule has 3 unspecified atom stereocenters. The summed E-state index contributed by atoms with van der Waals surface area (Å²) in [6.07, 6.45) is 2.74. The lowest BCUT2D eigenvalue weighted by atomic mass is 9.55. The molecular formula is C20H38IN5O2. The highest BCUT2D eigenvalue weighted by Gasteiger charge is 2.58. The van der Waals surface area contributed by atoms with Crippen molar-refractivity contribution in [2.75, 3.05) is 39.3 Å². The van der Waals surface area contributed by atoms with Crippen LogP contribution in [-0.4, -0.2) is 78.7 Å². The fourth-order valence-electron chi connectivity index (χ4n) is 4.97. The summed E-state index contributed by atoms with van der Waals surface area (Å²) in [5.74, 6) is 1.30. The number of nitrogens with zero attached hydrogens (tertiary/aromatic N) is 3. The zero-order chi connectivity index (χ0) is 19.8. The van der Waals surface area contributed by atoms with Crippen LogP contribution in [0.3, 0.4) is 0 Å². The third-order valence-corrected chi connectivity index (χ3v) is 6.90. The molecule has 0 spiro atoms. The van der Waals surface area contributed by atoms with Crippen LogP contribution >= 0.6 is 24.0 Å². The number of halogens is 1. The van der Waals surface area contributed by atoms with E-state index in [1.54, 1.807) is 0 Å². The third-order valence-electron chi connectivity index (χ3n) is 6.90. The highest BCUT2D eigenvalue weighted by Crippen LogP contribution is 2.51. The largest absolute Gasteiger partial charge is 0.377 e. The first-order chi connectivity index (χ1) is 12.7. The van der Waals surface area contributed by atoms with Gasteiger partial charge in [-0.25, -0.2) is 0 Å². The molecule has 3 aliphatic rings. The van der Waals surface area contributed by atoms with Crippen molar-refractivity contribution in [3.8, 4) is 0 Å². The van der Waals surface area contributed by atoms with Gasteiger partial charge in [0.1, 0.15) is 0 Å². The Bertz CT molecular complexity index is 587. The van der Waals surface area contributed by atoms with Crippen molar-refractivity contribution >= 4 is 35.8 Å². The van der Waals surface area contributed by atoms with Gasteiger partial charge in [0.15, 0.2) is 5.96 Å². The fourth-order valence-corrected chi connectivity index (χ4v) is 4.97. The van der Waals surface area contributed by atoms with Crippen LogP contribution in [0, 0.1) is 11.3 Å². The van der Waals surface area contributed by atoms with Crippen LogP contribution in [0.15, 0.2) is 4.99 Å². The van der Waals surface area contributed by atoms with Crippen molar-refractivity contribution in [2.24, 2.45) is 22.1 Å². The molecule has 8 heteroatoms. The van der Waals surface area contributed by atoms with E-state index in [1.165, 1.54) is 6.42 Å². The van der Waals surface area contributed by atoms with Crippen LogP contribution in [0.5, 0.6) is 0 Å². The average Bonchev–Trinajstić information content (AvgIpc) is 2.65. The van der Waals surface area contributed by atoms with Gasteiger partial charge in [-0.3, -0.25) is 14.7 Å². The maximum atomic E-state index is 11.8. The molecule has 1 amide bonds. The van der Waals surface area contributed by atoms with Crippen molar-refractivity contribution < 1.29 is 9.53 Å². The number of amides is 1. The molecule has 0 radical (unpaired) electrons. The van der Waals surface area contributed by atoms with Crippen LogP contribution in [-0.2, 0) is 9.53 Å². The van der Waals surface area contributed by atoms with Gasteiger partial charge in [0, 0.05) is 56.7 Å². The first-order valence-electron chi connectivity index (χ1n) is 10.4. The zero-order valence-corrected chi connectivity index (χ0v) is 20.4. The number of nitrogens with two attached hydrogens (primary N) is 1. The van der Waals surface area contributed by atoms with E-state index in [-0.39, 0.29) is 35.3 Å². The van der Waals surface area contributed by atoms with Gasteiger partial charge in [-0.05, 0) is 33.6 Å². The molecular weight excluding hydrogens is 469 g/mol. The fraction of sp³-hybridized carbons (Fsp3) is 0.900. The molecule has 3 atom stereocenters. The summed E-state index contributed by atoms with van der Waals surface area (Å²) in [6.45, 7) is 15.5. The van der Waals surface area contributed by atoms with Gasteiger partial charge in [0.05, 0.1) is 11.6 Å². The Morgan fingerprint density at radius 1 is 1.29 bits per heavy atom. The van der Waals surface area contributed by atoms with E-state index in [2.05, 4.69) is 35.9 Å². The molecule has 0 aromatic rings. The summed E-state index contributed by atoms with van der Waals surface area (Å²) < 4.78 is 6.04. The predicted octanol–water partition coefficient (Wildman–Crippen LogP) is 1.66. The Morgan fingerprint density at radius 3 is 2.50 bits per heavy atom. The summed E-state index contributed by atoms with van der Waals surface area (Å²) in [6, 6.07) is 0.396. The number of fused-ring (bicyclic) bond motifs is 1. The number of carbonyl (C=O) groups excluding carboxylic acids is 1. The second-order valence-corrected chi connectivity index (χ2v) is 9.24. The summed E-state index contributed by atoms with van der Waals surface area (Å²) in [5.41, 5.74) is 5.10. The summed E-state index contributed by atoms with van der Waals surface area (Å²) in [7, 11) is 0. The van der Waals surface area contributed by atoms with E-state index in [0.29, 0.717) is 18.1 Å². The van der Waals surface area contributed by atoms with Gasteiger partial charge >= 0.3 is 0 Å². The smallest absolute Gasteiger partial charge is 0.237 e. The number of carbonyl (C=O) groups is 1. The first kappa shape index (κ1) is 23.7. The molecule has 2 heterocycles. The lowest BCUT2D eigenvalue weighted by Crippen LogP contribution is -2.71. The Morgan fingerprint density at radius 2 is 1.93 bits per heavy atom. The van der Waals surface area contributed by atoms with E-state index in [9.17, 15) is 4.79 Å². The highest BCUT2D eigenvalue weighted by molar-refractivity contribution is 14.0. The van der Waals surface area contributed by atoms with E-state index in [1.807, 2.05) is 13.8 Å². The number of guanidine groups is 1. The number of rotatable bonds is 4. The average molecular weight is 507 g/mol. The SMILES string of the molecule is CCN=C(NC1C2CCCOC2C1(C)C)N1CCN(C(C)(C)C(N)=O)CC1.I. The molecule has 3 fully saturated rings. The van der Waals surface area contributed by atoms with E-state index in [4.69, 9.17) is 15.5 Å². The van der Waals surface area contributed by atoms with E-state index in [0.717, 1.165) is 51.7 Å². The van der Waals surface area contributed by atoms with E-state index < -0.39 is 5.54 Å². The van der Waals surface area contributed by atoms with Crippen LogP contribution < -0.4 is 11.1 Å². The number of nitrogens with one attached hydrogen (secondary N) is 1. The number of piperazine rings is 1. The van der Waals surface area contributed by atoms with Crippen molar-refractivity contribution in [3.63, 3.8) is 0 Å². The second-order valence-electron chi connectivity index (χ2n) is 9.24.